The van der Waals surface area contributed by atoms with Crippen LogP contribution in [0, 0.1) is 11.8 Å². The number of benzene rings is 2. The van der Waals surface area contributed by atoms with Gasteiger partial charge in [-0.3, -0.25) is 4.90 Å². The molecule has 2 heterocycles. The third-order valence-electron chi connectivity index (χ3n) is 7.47. The van der Waals surface area contributed by atoms with Crippen molar-refractivity contribution in [2.75, 3.05) is 26.2 Å². The van der Waals surface area contributed by atoms with E-state index in [0.29, 0.717) is 0 Å². The number of fused-ring (bicyclic) bond motifs is 1. The molecule has 1 aliphatic carbocycles. The third kappa shape index (κ3) is 4.20. The van der Waals surface area contributed by atoms with E-state index in [-0.39, 0.29) is 0 Å². The highest BCUT2D eigenvalue weighted by molar-refractivity contribution is 5.70. The Labute approximate surface area is 176 Å². The van der Waals surface area contributed by atoms with Crippen LogP contribution in [0.15, 0.2) is 60.7 Å². The van der Waals surface area contributed by atoms with Crippen molar-refractivity contribution in [3.05, 3.63) is 77.4 Å². The summed E-state index contributed by atoms with van der Waals surface area (Å²) in [7, 11) is 0. The zero-order chi connectivity index (χ0) is 19.6. The topological polar surface area (TPSA) is 6.48 Å². The van der Waals surface area contributed by atoms with Crippen LogP contribution in [-0.2, 0) is 13.0 Å². The van der Waals surface area contributed by atoms with Crippen LogP contribution in [0.25, 0.3) is 5.57 Å². The Morgan fingerprint density at radius 2 is 1.76 bits per heavy atom. The summed E-state index contributed by atoms with van der Waals surface area (Å²) < 4.78 is 0. The molecule has 3 atom stereocenters. The molecule has 2 nitrogen and oxygen atoms in total. The predicted molar refractivity (Wildman–Crippen MR) is 122 cm³/mol. The van der Waals surface area contributed by atoms with Gasteiger partial charge in [-0.1, -0.05) is 60.7 Å². The van der Waals surface area contributed by atoms with Crippen molar-refractivity contribution in [3.63, 3.8) is 0 Å². The molecule has 0 saturated carbocycles. The molecule has 5 rings (SSSR count). The second-order valence-corrected chi connectivity index (χ2v) is 9.42. The Morgan fingerprint density at radius 1 is 0.931 bits per heavy atom. The first-order valence-corrected chi connectivity index (χ1v) is 11.6. The van der Waals surface area contributed by atoms with Crippen molar-refractivity contribution in [1.29, 1.82) is 0 Å². The summed E-state index contributed by atoms with van der Waals surface area (Å²) in [5.74, 6) is 1.53. The molecule has 152 valence electrons. The molecule has 0 amide bonds. The summed E-state index contributed by atoms with van der Waals surface area (Å²) >= 11 is 0. The van der Waals surface area contributed by atoms with Gasteiger partial charge in [0.25, 0.3) is 0 Å². The highest BCUT2D eigenvalue weighted by Crippen LogP contribution is 2.43. The SMILES string of the molecule is C[C@H]1CCCN1CCc1ccc(C2=CC[C@H]3CN(Cc4ccccc4)C[C@@H]23)cc1. The largest absolute Gasteiger partial charge is 0.300 e. The minimum Gasteiger partial charge on any atom is -0.300 e. The van der Waals surface area contributed by atoms with E-state index in [0.717, 1.165) is 24.4 Å². The van der Waals surface area contributed by atoms with Crippen LogP contribution in [0.3, 0.4) is 0 Å². The fraction of sp³-hybridized carbons (Fsp3) is 0.481. The van der Waals surface area contributed by atoms with Crippen molar-refractivity contribution in [3.8, 4) is 0 Å². The van der Waals surface area contributed by atoms with Gasteiger partial charge in [0.15, 0.2) is 0 Å². The minimum absolute atomic E-state index is 0.718. The minimum atomic E-state index is 0.718. The molecule has 0 bridgehead atoms. The highest BCUT2D eigenvalue weighted by Gasteiger charge is 2.38. The molecular weight excluding hydrogens is 352 g/mol. The van der Waals surface area contributed by atoms with Crippen molar-refractivity contribution in [2.45, 2.75) is 45.2 Å². The van der Waals surface area contributed by atoms with E-state index in [9.17, 15) is 0 Å². The molecular formula is C27H34N2. The van der Waals surface area contributed by atoms with Crippen LogP contribution in [0.1, 0.15) is 42.9 Å². The number of hydrogen-bond donors (Lipinski definition) is 0. The van der Waals surface area contributed by atoms with E-state index in [1.165, 1.54) is 68.6 Å². The van der Waals surface area contributed by atoms with Crippen LogP contribution in [0.4, 0.5) is 0 Å². The first kappa shape index (κ1) is 19.1. The Kier molecular flexibility index (Phi) is 5.56. The van der Waals surface area contributed by atoms with Gasteiger partial charge in [-0.25, -0.2) is 0 Å². The molecule has 0 spiro atoms. The van der Waals surface area contributed by atoms with E-state index in [1.807, 2.05) is 0 Å². The summed E-state index contributed by atoms with van der Waals surface area (Å²) in [6, 6.07) is 21.2. The van der Waals surface area contributed by atoms with Gasteiger partial charge in [0.05, 0.1) is 0 Å². The summed E-state index contributed by atoms with van der Waals surface area (Å²) in [5.41, 5.74) is 5.98. The number of nitrogens with zero attached hydrogens (tertiary/aromatic N) is 2. The normalized spacial score (nSPS) is 27.3. The van der Waals surface area contributed by atoms with Gasteiger partial charge in [-0.15, -0.1) is 0 Å². The predicted octanol–water partition coefficient (Wildman–Crippen LogP) is 5.25. The summed E-state index contributed by atoms with van der Waals surface area (Å²) in [6.45, 7) is 8.42. The maximum atomic E-state index is 2.66. The van der Waals surface area contributed by atoms with Crippen LogP contribution < -0.4 is 0 Å². The van der Waals surface area contributed by atoms with E-state index in [4.69, 9.17) is 0 Å². The van der Waals surface area contributed by atoms with Gasteiger partial charge in [-0.2, -0.15) is 0 Å². The third-order valence-corrected chi connectivity index (χ3v) is 7.47. The highest BCUT2D eigenvalue weighted by atomic mass is 15.2. The zero-order valence-corrected chi connectivity index (χ0v) is 17.8. The lowest BCUT2D eigenvalue weighted by Crippen LogP contribution is -2.28. The molecule has 0 radical (unpaired) electrons. The van der Waals surface area contributed by atoms with E-state index < -0.39 is 0 Å². The second kappa shape index (κ2) is 8.45. The average molecular weight is 387 g/mol. The monoisotopic (exact) mass is 386 g/mol. The number of likely N-dealkylation sites (tertiary alicyclic amines) is 2. The zero-order valence-electron chi connectivity index (χ0n) is 17.8. The quantitative estimate of drug-likeness (QED) is 0.669. The first-order chi connectivity index (χ1) is 14.3. The lowest BCUT2D eigenvalue weighted by molar-refractivity contribution is 0.272. The standard InChI is InChI=1S/C27H34N2/c1-21-6-5-16-29(21)17-15-22-9-11-24(12-10-22)26-14-13-25-19-28(20-27(25)26)18-23-7-3-2-4-8-23/h2-4,7-12,14,21,25,27H,5-6,13,15-20H2,1H3/t21-,25-,27+/m0/s1. The molecule has 0 N–H and O–H groups in total. The van der Waals surface area contributed by atoms with E-state index in [1.54, 1.807) is 5.57 Å². The van der Waals surface area contributed by atoms with Gasteiger partial charge >= 0.3 is 0 Å². The van der Waals surface area contributed by atoms with Crippen molar-refractivity contribution in [2.24, 2.45) is 11.8 Å². The first-order valence-electron chi connectivity index (χ1n) is 11.6. The van der Waals surface area contributed by atoms with Crippen LogP contribution in [0.2, 0.25) is 0 Å². The Morgan fingerprint density at radius 3 is 2.52 bits per heavy atom. The number of rotatable bonds is 6. The fourth-order valence-corrected chi connectivity index (χ4v) is 5.75. The molecule has 0 unspecified atom stereocenters. The smallest absolute Gasteiger partial charge is 0.0234 e. The molecule has 2 saturated heterocycles. The average Bonchev–Trinajstić information content (AvgIpc) is 3.44. The lowest BCUT2D eigenvalue weighted by atomic mass is 9.90. The van der Waals surface area contributed by atoms with E-state index in [2.05, 4.69) is 77.4 Å². The van der Waals surface area contributed by atoms with Crippen molar-refractivity contribution in [1.82, 2.24) is 9.80 Å². The Balaban J connectivity index is 1.19. The molecule has 2 aromatic rings. The number of hydrogen-bond acceptors (Lipinski definition) is 2. The molecule has 2 aliphatic heterocycles. The molecule has 0 aromatic heterocycles. The lowest BCUT2D eigenvalue weighted by Gasteiger charge is -2.21. The fourth-order valence-electron chi connectivity index (χ4n) is 5.75. The molecule has 2 aromatic carbocycles. The van der Waals surface area contributed by atoms with Crippen LogP contribution >= 0.6 is 0 Å². The summed E-state index contributed by atoms with van der Waals surface area (Å²) in [6.07, 6.45) is 7.70. The molecule has 2 heteroatoms. The van der Waals surface area contributed by atoms with Gasteiger partial charge in [0.1, 0.15) is 0 Å². The van der Waals surface area contributed by atoms with Gasteiger partial charge in [-0.05, 0) is 67.3 Å². The van der Waals surface area contributed by atoms with Crippen LogP contribution in [0.5, 0.6) is 0 Å². The van der Waals surface area contributed by atoms with Crippen molar-refractivity contribution < 1.29 is 0 Å². The van der Waals surface area contributed by atoms with Gasteiger partial charge in [0, 0.05) is 38.1 Å². The Bertz CT molecular complexity index is 839. The maximum absolute atomic E-state index is 2.66. The van der Waals surface area contributed by atoms with Crippen LogP contribution in [-0.4, -0.2) is 42.0 Å². The Hall–Kier alpha value is -1.90. The van der Waals surface area contributed by atoms with Gasteiger partial charge < -0.3 is 4.90 Å². The van der Waals surface area contributed by atoms with Crippen molar-refractivity contribution >= 4 is 5.57 Å². The van der Waals surface area contributed by atoms with Gasteiger partial charge in [0.2, 0.25) is 0 Å². The molecule has 2 fully saturated rings. The number of allylic oxidation sites excluding steroid dienone is 1. The molecule has 3 aliphatic rings. The summed E-state index contributed by atoms with van der Waals surface area (Å²) in [5, 5.41) is 0. The van der Waals surface area contributed by atoms with E-state index >= 15 is 0 Å². The molecule has 29 heavy (non-hydrogen) atoms. The summed E-state index contributed by atoms with van der Waals surface area (Å²) in [4.78, 5) is 5.31. The second-order valence-electron chi connectivity index (χ2n) is 9.42. The maximum Gasteiger partial charge on any atom is 0.0234 e.